The van der Waals surface area contributed by atoms with Gasteiger partial charge in [0.2, 0.25) is 0 Å². The summed E-state index contributed by atoms with van der Waals surface area (Å²) in [5.74, 6) is 0. The molecule has 0 aliphatic carbocycles. The van der Waals surface area contributed by atoms with E-state index in [2.05, 4.69) is 15.8 Å². The number of carbonyl (C=O) groups excluding carboxylic acids is 2. The monoisotopic (exact) mass is 520 g/mol. The molecule has 0 radical (unpaired) electrons. The molecule has 0 saturated heterocycles. The molecule has 2 amide bonds. The van der Waals surface area contributed by atoms with E-state index in [0.717, 1.165) is 11.1 Å². The molecule has 202 valence electrons. The van der Waals surface area contributed by atoms with Gasteiger partial charge in [-0.2, -0.15) is 0 Å². The molecule has 0 bridgehead atoms. The maximum atomic E-state index is 13.3. The highest BCUT2D eigenvalue weighted by Crippen LogP contribution is 2.21. The molecule has 0 spiro atoms. The normalized spacial score (nSPS) is 12.7. The molecule has 9 heteroatoms. The molecule has 3 N–H and O–H groups in total. The van der Waals surface area contributed by atoms with Gasteiger partial charge in [0.15, 0.2) is 0 Å². The average molecular weight is 521 g/mol. The Hall–Kier alpha value is -3.95. The maximum absolute atomic E-state index is 13.3. The lowest BCUT2D eigenvalue weighted by Crippen LogP contribution is -2.52. The lowest BCUT2D eigenvalue weighted by atomic mass is 10.1. The molecule has 0 aliphatic heterocycles. The number of aromatic nitrogens is 1. The van der Waals surface area contributed by atoms with Gasteiger partial charge in [0, 0.05) is 6.20 Å². The van der Waals surface area contributed by atoms with E-state index in [1.165, 1.54) is 4.90 Å². The van der Waals surface area contributed by atoms with Crippen LogP contribution in [0.15, 0.2) is 85.1 Å². The van der Waals surface area contributed by atoms with Gasteiger partial charge < -0.3 is 14.6 Å². The fraction of sp³-hybridized carbons (Fsp3) is 0.345. The van der Waals surface area contributed by atoms with E-state index in [4.69, 9.17) is 9.47 Å². The van der Waals surface area contributed by atoms with Crippen molar-refractivity contribution in [3.8, 4) is 0 Å². The van der Waals surface area contributed by atoms with Crippen LogP contribution in [0.3, 0.4) is 0 Å². The molecule has 3 rings (SSSR count). The van der Waals surface area contributed by atoms with Gasteiger partial charge in [-0.1, -0.05) is 66.7 Å². The Morgan fingerprint density at radius 3 is 2.18 bits per heavy atom. The van der Waals surface area contributed by atoms with Crippen LogP contribution in [0.4, 0.5) is 9.59 Å². The summed E-state index contributed by atoms with van der Waals surface area (Å²) in [7, 11) is 0. The maximum Gasteiger partial charge on any atom is 0.422 e. The lowest BCUT2D eigenvalue weighted by molar-refractivity contribution is -0.00465. The Morgan fingerprint density at radius 1 is 0.947 bits per heavy atom. The minimum Gasteiger partial charge on any atom is -0.444 e. The van der Waals surface area contributed by atoms with Gasteiger partial charge in [-0.05, 0) is 56.9 Å². The fourth-order valence-electron chi connectivity index (χ4n) is 3.64. The van der Waals surface area contributed by atoms with E-state index in [1.54, 1.807) is 45.2 Å². The van der Waals surface area contributed by atoms with E-state index in [0.29, 0.717) is 18.5 Å². The van der Waals surface area contributed by atoms with Crippen molar-refractivity contribution >= 4 is 12.2 Å². The fourth-order valence-corrected chi connectivity index (χ4v) is 3.64. The molecule has 1 unspecified atom stereocenters. The number of benzene rings is 2. The van der Waals surface area contributed by atoms with Crippen molar-refractivity contribution in [1.82, 2.24) is 20.7 Å². The van der Waals surface area contributed by atoms with Crippen LogP contribution in [0.25, 0.3) is 0 Å². The highest BCUT2D eigenvalue weighted by Gasteiger charge is 2.32. The van der Waals surface area contributed by atoms with Crippen molar-refractivity contribution in [2.75, 3.05) is 6.54 Å². The second-order valence-corrected chi connectivity index (χ2v) is 9.80. The minimum atomic E-state index is -0.943. The molecule has 0 saturated carbocycles. The Morgan fingerprint density at radius 2 is 1.58 bits per heavy atom. The molecule has 9 nitrogen and oxygen atoms in total. The Labute approximate surface area is 223 Å². The Kier molecular flexibility index (Phi) is 10.6. The van der Waals surface area contributed by atoms with E-state index in [-0.39, 0.29) is 13.2 Å². The number of hydrogen-bond donors (Lipinski definition) is 3. The topological polar surface area (TPSA) is 113 Å². The molecule has 2 aromatic carbocycles. The lowest BCUT2D eigenvalue weighted by Gasteiger charge is -2.34. The number of carbonyl (C=O) groups is 2. The third-order valence-electron chi connectivity index (χ3n) is 5.45. The SMILES string of the molecule is CC(C)(C)OC(=O)N(C[C@@H](O)CCc1ccccc1)C(NNC(=O)OCc1ccccc1)c1ccccn1. The Bertz CT molecular complexity index is 1120. The van der Waals surface area contributed by atoms with Gasteiger partial charge in [-0.25, -0.2) is 15.0 Å². The molecule has 1 aromatic heterocycles. The average Bonchev–Trinajstić information content (AvgIpc) is 2.91. The minimum absolute atomic E-state index is 0.0588. The van der Waals surface area contributed by atoms with E-state index >= 15 is 0 Å². The van der Waals surface area contributed by atoms with Gasteiger partial charge >= 0.3 is 12.2 Å². The molecule has 38 heavy (non-hydrogen) atoms. The summed E-state index contributed by atoms with van der Waals surface area (Å²) in [6.07, 6.45) is -0.567. The first-order chi connectivity index (χ1) is 18.2. The predicted molar refractivity (Wildman–Crippen MR) is 144 cm³/mol. The number of rotatable bonds is 11. The summed E-state index contributed by atoms with van der Waals surface area (Å²) >= 11 is 0. The van der Waals surface area contributed by atoms with Crippen LogP contribution in [0.5, 0.6) is 0 Å². The number of pyridine rings is 1. The van der Waals surface area contributed by atoms with Crippen LogP contribution < -0.4 is 10.9 Å². The van der Waals surface area contributed by atoms with Crippen LogP contribution in [0.2, 0.25) is 0 Å². The second kappa shape index (κ2) is 14.1. The quantitative estimate of drug-likeness (QED) is 0.247. The number of aryl methyl sites for hydroxylation is 1. The third kappa shape index (κ3) is 9.84. The molecule has 1 heterocycles. The number of aliphatic hydroxyl groups is 1. The molecule has 0 fully saturated rings. The van der Waals surface area contributed by atoms with E-state index < -0.39 is 30.1 Å². The summed E-state index contributed by atoms with van der Waals surface area (Å²) in [6, 6.07) is 24.3. The second-order valence-electron chi connectivity index (χ2n) is 9.80. The van der Waals surface area contributed by atoms with Crippen LogP contribution in [0.1, 0.15) is 50.2 Å². The van der Waals surface area contributed by atoms with Crippen LogP contribution in [-0.2, 0) is 22.5 Å². The van der Waals surface area contributed by atoms with Gasteiger partial charge in [0.05, 0.1) is 18.3 Å². The number of nitrogens with zero attached hydrogens (tertiary/aromatic N) is 2. The van der Waals surface area contributed by atoms with Crippen LogP contribution in [-0.4, -0.2) is 45.4 Å². The van der Waals surface area contributed by atoms with Crippen molar-refractivity contribution < 1.29 is 24.2 Å². The number of ether oxygens (including phenoxy) is 2. The number of amides is 2. The summed E-state index contributed by atoms with van der Waals surface area (Å²) in [4.78, 5) is 31.5. The smallest absolute Gasteiger partial charge is 0.422 e. The molecule has 2 atom stereocenters. The number of nitrogens with one attached hydrogen (secondary N) is 2. The largest absolute Gasteiger partial charge is 0.444 e. The van der Waals surface area contributed by atoms with Crippen LogP contribution >= 0.6 is 0 Å². The number of hydrogen-bond acceptors (Lipinski definition) is 7. The van der Waals surface area contributed by atoms with Crippen molar-refractivity contribution in [3.63, 3.8) is 0 Å². The molecule has 3 aromatic rings. The van der Waals surface area contributed by atoms with Gasteiger partial charge in [-0.3, -0.25) is 15.3 Å². The zero-order chi connectivity index (χ0) is 27.4. The first kappa shape index (κ1) is 28.6. The number of aliphatic hydroxyl groups excluding tert-OH is 1. The zero-order valence-electron chi connectivity index (χ0n) is 22.0. The van der Waals surface area contributed by atoms with Gasteiger partial charge in [0.1, 0.15) is 18.4 Å². The van der Waals surface area contributed by atoms with E-state index in [1.807, 2.05) is 60.7 Å². The molecular formula is C29H36N4O5. The first-order valence-electron chi connectivity index (χ1n) is 12.6. The highest BCUT2D eigenvalue weighted by atomic mass is 16.6. The van der Waals surface area contributed by atoms with Crippen molar-refractivity contribution in [3.05, 3.63) is 102 Å². The summed E-state index contributed by atoms with van der Waals surface area (Å²) in [5.41, 5.74) is 6.92. The van der Waals surface area contributed by atoms with Crippen molar-refractivity contribution in [2.45, 2.75) is 58.1 Å². The zero-order valence-corrected chi connectivity index (χ0v) is 22.0. The van der Waals surface area contributed by atoms with E-state index in [9.17, 15) is 14.7 Å². The molecule has 0 aliphatic rings. The number of hydrazine groups is 1. The standard InChI is InChI=1S/C29H36N4O5/c1-29(2,3)38-28(36)33(20-24(34)18-17-22-12-6-4-7-13-22)26(25-16-10-11-19-30-25)31-32-27(35)37-21-23-14-8-5-9-15-23/h4-16,19,24,26,31,34H,17-18,20-21H2,1-3H3,(H,32,35)/t24-,26?/m0/s1. The highest BCUT2D eigenvalue weighted by molar-refractivity contribution is 5.69. The third-order valence-corrected chi connectivity index (χ3v) is 5.45. The summed E-state index contributed by atoms with van der Waals surface area (Å²) in [6.45, 7) is 5.30. The van der Waals surface area contributed by atoms with Crippen molar-refractivity contribution in [2.24, 2.45) is 0 Å². The predicted octanol–water partition coefficient (Wildman–Crippen LogP) is 4.74. The Balaban J connectivity index is 1.74. The molecular weight excluding hydrogens is 484 g/mol. The van der Waals surface area contributed by atoms with Crippen LogP contribution in [0, 0.1) is 0 Å². The van der Waals surface area contributed by atoms with Gasteiger partial charge in [0.25, 0.3) is 0 Å². The van der Waals surface area contributed by atoms with Crippen molar-refractivity contribution in [1.29, 1.82) is 0 Å². The summed E-state index contributed by atoms with van der Waals surface area (Å²) < 4.78 is 10.9. The first-order valence-corrected chi connectivity index (χ1v) is 12.6. The van der Waals surface area contributed by atoms with Gasteiger partial charge in [-0.15, -0.1) is 0 Å². The summed E-state index contributed by atoms with van der Waals surface area (Å²) in [5, 5.41) is 10.9.